The number of methoxy groups -OCH3 is 2. The maximum absolute atomic E-state index is 14.6. The number of nitrogens with one attached hydrogen (secondary N) is 3. The number of sulfonamides is 1. The SMILES string of the molecule is COc1cc2c3cc(c(OC)cc3n1)/C=C/CC[C@@H](C)COC(=O)N[C@H]1CCCCC/C=C\[C@@H]3C[C@@]3(C(=O)NS(=O)(=O)C3CC3)NC(=O)[C@@H]3C[C@H](CN3C1=O)O2. The van der Waals surface area contributed by atoms with E-state index in [-0.39, 0.29) is 37.8 Å². The van der Waals surface area contributed by atoms with Crippen molar-refractivity contribution in [2.45, 2.75) is 107 Å². The summed E-state index contributed by atoms with van der Waals surface area (Å²) >= 11 is 0. The van der Waals surface area contributed by atoms with Crippen molar-refractivity contribution in [3.05, 3.63) is 42.0 Å². The van der Waals surface area contributed by atoms with Gasteiger partial charge in [-0.1, -0.05) is 44.1 Å². The fourth-order valence-corrected chi connectivity index (χ4v) is 9.19. The highest BCUT2D eigenvalue weighted by Gasteiger charge is 2.62. The molecule has 1 aromatic heterocycles. The van der Waals surface area contributed by atoms with Gasteiger partial charge in [-0.05, 0) is 63.4 Å². The van der Waals surface area contributed by atoms with Crippen molar-refractivity contribution in [1.82, 2.24) is 25.2 Å². The van der Waals surface area contributed by atoms with Crippen LogP contribution in [0.4, 0.5) is 4.79 Å². The van der Waals surface area contributed by atoms with E-state index in [1.54, 1.807) is 19.2 Å². The predicted molar refractivity (Wildman–Crippen MR) is 206 cm³/mol. The van der Waals surface area contributed by atoms with Gasteiger partial charge in [0.05, 0.1) is 38.1 Å². The molecule has 5 bridgehead atoms. The van der Waals surface area contributed by atoms with Crippen LogP contribution >= 0.6 is 0 Å². The Balaban J connectivity index is 1.26. The second-order valence-corrected chi connectivity index (χ2v) is 17.6. The van der Waals surface area contributed by atoms with E-state index in [4.69, 9.17) is 18.9 Å². The van der Waals surface area contributed by atoms with Gasteiger partial charge in [0, 0.05) is 35.4 Å². The molecule has 0 radical (unpaired) electrons. The summed E-state index contributed by atoms with van der Waals surface area (Å²) in [6.45, 7) is 2.11. The molecule has 15 nitrogen and oxygen atoms in total. The predicted octanol–water partition coefficient (Wildman–Crippen LogP) is 4.14. The average Bonchev–Trinajstić information content (AvgIpc) is 4.10. The maximum Gasteiger partial charge on any atom is 0.407 e. The molecule has 16 heteroatoms. The highest BCUT2D eigenvalue weighted by molar-refractivity contribution is 7.91. The van der Waals surface area contributed by atoms with E-state index >= 15 is 0 Å². The molecule has 2 aliphatic carbocycles. The van der Waals surface area contributed by atoms with Gasteiger partial charge < -0.3 is 34.5 Å². The number of hydrogen-bond donors (Lipinski definition) is 3. The number of hydrogen-bond acceptors (Lipinski definition) is 11. The van der Waals surface area contributed by atoms with Crippen LogP contribution in [0, 0.1) is 11.8 Å². The number of carbonyl (C=O) groups excluding carboxylic acids is 4. The van der Waals surface area contributed by atoms with E-state index < -0.39 is 68.7 Å². The molecule has 2 saturated carbocycles. The number of carbonyl (C=O) groups is 4. The number of nitrogens with zero attached hydrogens (tertiary/aromatic N) is 2. The van der Waals surface area contributed by atoms with Crippen molar-refractivity contribution in [2.24, 2.45) is 11.8 Å². The summed E-state index contributed by atoms with van der Waals surface area (Å²) in [5, 5.41) is 5.71. The Morgan fingerprint density at radius 3 is 2.61 bits per heavy atom. The molecule has 0 unspecified atom stereocenters. The number of aromatic nitrogens is 1. The average molecular weight is 794 g/mol. The van der Waals surface area contributed by atoms with Crippen molar-refractivity contribution < 1.29 is 46.5 Å². The van der Waals surface area contributed by atoms with Gasteiger partial charge in [-0.3, -0.25) is 19.1 Å². The Bertz CT molecular complexity index is 2030. The molecule has 4 amide bonds. The molecule has 7 rings (SSSR count). The third-order valence-electron chi connectivity index (χ3n) is 11.4. The van der Waals surface area contributed by atoms with Gasteiger partial charge in [0.2, 0.25) is 27.7 Å². The standard InChI is InChI=1S/C40H51N5O10S/c1-24-11-9-10-12-25-17-29-31(19-33(25)52-2)41-35(53-3)20-34(29)55-27-18-32-36(46)43-40(38(48)44-56(50,51)28-15-16-28)21-26(40)13-7-5-4-6-8-14-30(37(47)45(32)22-27)42-39(49)54-23-24/h7,10,12-13,17,19-20,24,26-28,30,32H,4-6,8-9,11,14-16,18,21-23H2,1-3H3,(H,42,49)(H,43,46)(H,44,48)/b12-10+,13-7-/t24-,26-,27-,30+,32+,40-/m1/s1. The first-order chi connectivity index (χ1) is 26.9. The van der Waals surface area contributed by atoms with Gasteiger partial charge in [-0.15, -0.1) is 0 Å². The first-order valence-electron chi connectivity index (χ1n) is 19.6. The van der Waals surface area contributed by atoms with Gasteiger partial charge >= 0.3 is 6.09 Å². The summed E-state index contributed by atoms with van der Waals surface area (Å²) in [4.78, 5) is 62.1. The van der Waals surface area contributed by atoms with Gasteiger partial charge in [-0.25, -0.2) is 18.2 Å². The minimum atomic E-state index is -3.90. The highest BCUT2D eigenvalue weighted by atomic mass is 32.2. The Kier molecular flexibility index (Phi) is 11.5. The molecule has 1 saturated heterocycles. The van der Waals surface area contributed by atoms with E-state index in [0.29, 0.717) is 60.9 Å². The fraction of sp³-hybridized carbons (Fsp3) is 0.575. The van der Waals surface area contributed by atoms with Crippen LogP contribution in [0.2, 0.25) is 0 Å². The molecule has 5 aliphatic rings. The van der Waals surface area contributed by atoms with Gasteiger partial charge in [0.25, 0.3) is 5.91 Å². The Labute approximate surface area is 327 Å². The zero-order chi connectivity index (χ0) is 39.6. The largest absolute Gasteiger partial charge is 0.496 e. The summed E-state index contributed by atoms with van der Waals surface area (Å²) in [7, 11) is -0.824. The maximum atomic E-state index is 14.6. The molecule has 1 aromatic carbocycles. The number of alkyl carbamates (subject to hydrolysis) is 1. The van der Waals surface area contributed by atoms with E-state index in [0.717, 1.165) is 24.8 Å². The Morgan fingerprint density at radius 2 is 1.84 bits per heavy atom. The number of pyridine rings is 1. The van der Waals surface area contributed by atoms with Crippen LogP contribution in [0.25, 0.3) is 17.0 Å². The first-order valence-corrected chi connectivity index (χ1v) is 21.1. The van der Waals surface area contributed by atoms with Crippen LogP contribution in [0.5, 0.6) is 17.4 Å². The minimum absolute atomic E-state index is 0.0190. The van der Waals surface area contributed by atoms with Crippen LogP contribution in [0.3, 0.4) is 0 Å². The smallest absolute Gasteiger partial charge is 0.407 e. The number of rotatable bonds is 5. The highest BCUT2D eigenvalue weighted by Crippen LogP contribution is 2.46. The molecular formula is C40H51N5O10S. The van der Waals surface area contributed by atoms with Crippen LogP contribution in [-0.4, -0.2) is 98.5 Å². The molecule has 3 fully saturated rings. The molecule has 0 spiro atoms. The fourth-order valence-electron chi connectivity index (χ4n) is 7.83. The molecule has 3 N–H and O–H groups in total. The normalized spacial score (nSPS) is 30.1. The number of benzene rings is 1. The molecule has 4 heterocycles. The zero-order valence-corrected chi connectivity index (χ0v) is 32.9. The van der Waals surface area contributed by atoms with Crippen LogP contribution in [-0.2, 0) is 29.1 Å². The van der Waals surface area contributed by atoms with Crippen LogP contribution < -0.4 is 29.6 Å². The number of ether oxygens (including phenoxy) is 4. The van der Waals surface area contributed by atoms with Crippen molar-refractivity contribution in [1.29, 1.82) is 0 Å². The third kappa shape index (κ3) is 8.59. The topological polar surface area (TPSA) is 192 Å². The molecule has 56 heavy (non-hydrogen) atoms. The second kappa shape index (κ2) is 16.3. The minimum Gasteiger partial charge on any atom is -0.496 e. The lowest BCUT2D eigenvalue weighted by Gasteiger charge is -2.29. The zero-order valence-electron chi connectivity index (χ0n) is 32.1. The lowest BCUT2D eigenvalue weighted by molar-refractivity contribution is -0.141. The van der Waals surface area contributed by atoms with Crippen molar-refractivity contribution >= 4 is 50.8 Å². The lowest BCUT2D eigenvalue weighted by atomic mass is 10.0. The van der Waals surface area contributed by atoms with Crippen LogP contribution in [0.15, 0.2) is 36.4 Å². The number of allylic oxidation sites excluding steroid dienone is 2. The van der Waals surface area contributed by atoms with Gasteiger partial charge in [0.1, 0.15) is 35.2 Å². The van der Waals surface area contributed by atoms with Crippen LogP contribution in [0.1, 0.15) is 83.1 Å². The summed E-state index contributed by atoms with van der Waals surface area (Å²) in [5.74, 6) is -1.00. The van der Waals surface area contributed by atoms with E-state index in [1.807, 2.05) is 37.3 Å². The van der Waals surface area contributed by atoms with E-state index in [1.165, 1.54) is 12.0 Å². The third-order valence-corrected chi connectivity index (χ3v) is 13.2. The van der Waals surface area contributed by atoms with Crippen molar-refractivity contribution in [3.63, 3.8) is 0 Å². The quantitative estimate of drug-likeness (QED) is 0.369. The summed E-state index contributed by atoms with van der Waals surface area (Å²) in [6, 6.07) is 3.26. The van der Waals surface area contributed by atoms with E-state index in [9.17, 15) is 27.6 Å². The number of amides is 4. The molecular weight excluding hydrogens is 743 g/mol. The lowest BCUT2D eigenvalue weighted by Crippen LogP contribution is -2.58. The number of fused-ring (bicyclic) bond motifs is 4. The van der Waals surface area contributed by atoms with Crippen molar-refractivity contribution in [2.75, 3.05) is 27.4 Å². The molecule has 3 aliphatic heterocycles. The summed E-state index contributed by atoms with van der Waals surface area (Å²) in [6.07, 6.45) is 12.2. The Hall–Kier alpha value is -4.86. The first kappa shape index (κ1) is 39.4. The van der Waals surface area contributed by atoms with Gasteiger partial charge in [-0.2, -0.15) is 0 Å². The molecule has 6 atom stereocenters. The van der Waals surface area contributed by atoms with Gasteiger partial charge in [0.15, 0.2) is 0 Å². The summed E-state index contributed by atoms with van der Waals surface area (Å²) < 4.78 is 51.5. The Morgan fingerprint density at radius 1 is 1.02 bits per heavy atom. The number of cyclic esters (lactones) is 1. The monoisotopic (exact) mass is 793 g/mol. The second-order valence-electron chi connectivity index (χ2n) is 15.6. The van der Waals surface area contributed by atoms with E-state index in [2.05, 4.69) is 20.3 Å². The molecule has 2 aromatic rings. The molecule has 302 valence electrons. The summed E-state index contributed by atoms with van der Waals surface area (Å²) in [5.41, 5.74) is -0.171. The van der Waals surface area contributed by atoms with Crippen molar-refractivity contribution in [3.8, 4) is 17.4 Å².